The molecule has 94 valence electrons. The molecule has 1 N–H and O–H groups in total. The largest absolute Gasteiger partial charge is 0.263 e. The molecule has 0 unspecified atom stereocenters. The number of hydrogen-bond acceptors (Lipinski definition) is 4. The second kappa shape index (κ2) is 5.26. The number of amidine groups is 3. The summed E-state index contributed by atoms with van der Waals surface area (Å²) in [7, 11) is 0. The first-order valence-corrected chi connectivity index (χ1v) is 6.20. The normalized spacial score (nSPS) is 15.3. The third kappa shape index (κ3) is 2.83. The highest BCUT2D eigenvalue weighted by atomic mass is 35.5. The molecule has 0 aromatic heterocycles. The SMILES string of the molecule is CC1=NNC(C)=NC(c2cc(Cl)c(Cl)c(Cl)c2)=N1. The van der Waals surface area contributed by atoms with Crippen LogP contribution < -0.4 is 5.43 Å². The zero-order chi connectivity index (χ0) is 13.3. The maximum Gasteiger partial charge on any atom is 0.163 e. The lowest BCUT2D eigenvalue weighted by Gasteiger charge is -2.05. The van der Waals surface area contributed by atoms with Crippen LogP contribution in [0, 0.1) is 0 Å². The van der Waals surface area contributed by atoms with E-state index in [1.54, 1.807) is 26.0 Å². The van der Waals surface area contributed by atoms with Crippen molar-refractivity contribution in [1.82, 2.24) is 5.43 Å². The molecular weight excluding hydrogens is 295 g/mol. The summed E-state index contributed by atoms with van der Waals surface area (Å²) in [5.41, 5.74) is 3.45. The van der Waals surface area contributed by atoms with Crippen LogP contribution in [0.4, 0.5) is 0 Å². The topological polar surface area (TPSA) is 49.1 Å². The van der Waals surface area contributed by atoms with E-state index < -0.39 is 0 Å². The first-order chi connectivity index (χ1) is 8.47. The molecule has 0 saturated heterocycles. The van der Waals surface area contributed by atoms with Crippen LogP contribution in [0.15, 0.2) is 27.2 Å². The molecule has 0 spiro atoms. The fourth-order valence-corrected chi connectivity index (χ4v) is 1.96. The first kappa shape index (κ1) is 13.3. The van der Waals surface area contributed by atoms with Gasteiger partial charge in [-0.1, -0.05) is 34.8 Å². The van der Waals surface area contributed by atoms with Gasteiger partial charge in [-0.2, -0.15) is 5.10 Å². The minimum atomic E-state index is 0.320. The van der Waals surface area contributed by atoms with Crippen molar-refractivity contribution in [2.24, 2.45) is 15.1 Å². The van der Waals surface area contributed by atoms with E-state index in [0.29, 0.717) is 38.1 Å². The molecule has 1 heterocycles. The van der Waals surface area contributed by atoms with Crippen molar-refractivity contribution in [2.75, 3.05) is 0 Å². The summed E-state index contributed by atoms with van der Waals surface area (Å²) < 4.78 is 0. The van der Waals surface area contributed by atoms with Crippen molar-refractivity contribution in [1.29, 1.82) is 0 Å². The first-order valence-electron chi connectivity index (χ1n) is 5.06. The summed E-state index contributed by atoms with van der Waals surface area (Å²) in [6.45, 7) is 3.55. The van der Waals surface area contributed by atoms with Gasteiger partial charge in [-0.25, -0.2) is 9.98 Å². The number of hydrogen-bond donors (Lipinski definition) is 1. The van der Waals surface area contributed by atoms with Gasteiger partial charge in [-0.3, -0.25) is 5.43 Å². The minimum absolute atomic E-state index is 0.320. The Balaban J connectivity index is 2.54. The van der Waals surface area contributed by atoms with Gasteiger partial charge in [0.2, 0.25) is 0 Å². The van der Waals surface area contributed by atoms with E-state index in [4.69, 9.17) is 34.8 Å². The smallest absolute Gasteiger partial charge is 0.163 e. The van der Waals surface area contributed by atoms with E-state index in [2.05, 4.69) is 20.5 Å². The maximum absolute atomic E-state index is 5.99. The molecule has 1 aliphatic heterocycles. The number of nitrogens with zero attached hydrogens (tertiary/aromatic N) is 3. The second-order valence-corrected chi connectivity index (χ2v) is 4.85. The van der Waals surface area contributed by atoms with Crippen LogP contribution in [0.2, 0.25) is 15.1 Å². The van der Waals surface area contributed by atoms with Crippen molar-refractivity contribution in [3.8, 4) is 0 Å². The Morgan fingerprint density at radius 3 is 2.22 bits per heavy atom. The monoisotopic (exact) mass is 302 g/mol. The molecule has 0 aliphatic carbocycles. The third-order valence-electron chi connectivity index (χ3n) is 2.16. The molecular formula is C11H9Cl3N4. The van der Waals surface area contributed by atoms with E-state index in [1.807, 2.05) is 0 Å². The predicted molar refractivity (Wildman–Crippen MR) is 77.4 cm³/mol. The van der Waals surface area contributed by atoms with Crippen molar-refractivity contribution in [3.63, 3.8) is 0 Å². The minimum Gasteiger partial charge on any atom is -0.263 e. The average Bonchev–Trinajstić information content (AvgIpc) is 2.48. The number of nitrogens with one attached hydrogen (secondary N) is 1. The molecule has 18 heavy (non-hydrogen) atoms. The lowest BCUT2D eigenvalue weighted by molar-refractivity contribution is 1.02. The van der Waals surface area contributed by atoms with Gasteiger partial charge in [-0.05, 0) is 26.0 Å². The molecule has 0 saturated carbocycles. The molecule has 0 fully saturated rings. The summed E-state index contributed by atoms with van der Waals surface area (Å²) in [6.07, 6.45) is 0. The van der Waals surface area contributed by atoms with Crippen LogP contribution in [-0.4, -0.2) is 17.5 Å². The molecule has 1 aliphatic rings. The van der Waals surface area contributed by atoms with Gasteiger partial charge < -0.3 is 0 Å². The quantitative estimate of drug-likeness (QED) is 0.789. The zero-order valence-electron chi connectivity index (χ0n) is 9.63. The van der Waals surface area contributed by atoms with Crippen LogP contribution >= 0.6 is 34.8 Å². The van der Waals surface area contributed by atoms with Gasteiger partial charge in [0.1, 0.15) is 11.7 Å². The number of aliphatic imine (C=N–C) groups is 2. The van der Waals surface area contributed by atoms with Crippen molar-refractivity contribution >= 4 is 52.3 Å². The average molecular weight is 304 g/mol. The highest BCUT2D eigenvalue weighted by Crippen LogP contribution is 2.31. The van der Waals surface area contributed by atoms with Crippen molar-refractivity contribution in [3.05, 3.63) is 32.8 Å². The predicted octanol–water partition coefficient (Wildman–Crippen LogP) is 3.75. The fourth-order valence-electron chi connectivity index (χ4n) is 1.36. The number of rotatable bonds is 1. The molecule has 1 aromatic rings. The van der Waals surface area contributed by atoms with Gasteiger partial charge in [0.05, 0.1) is 15.1 Å². The summed E-state index contributed by atoms with van der Waals surface area (Å²) in [5.74, 6) is 1.68. The number of halogens is 3. The van der Waals surface area contributed by atoms with Crippen molar-refractivity contribution < 1.29 is 0 Å². The lowest BCUT2D eigenvalue weighted by atomic mass is 10.2. The van der Waals surface area contributed by atoms with Crippen molar-refractivity contribution in [2.45, 2.75) is 13.8 Å². The lowest BCUT2D eigenvalue weighted by Crippen LogP contribution is -2.14. The van der Waals surface area contributed by atoms with Gasteiger partial charge in [0.25, 0.3) is 0 Å². The van der Waals surface area contributed by atoms with Gasteiger partial charge >= 0.3 is 0 Å². The summed E-state index contributed by atoms with van der Waals surface area (Å²) in [6, 6.07) is 3.34. The van der Waals surface area contributed by atoms with Crippen LogP contribution in [0.5, 0.6) is 0 Å². The maximum atomic E-state index is 5.99. The van der Waals surface area contributed by atoms with Crippen LogP contribution in [0.3, 0.4) is 0 Å². The molecule has 0 atom stereocenters. The van der Waals surface area contributed by atoms with E-state index in [0.717, 1.165) is 0 Å². The standard InChI is InChI=1S/C11H9Cl3N4/c1-5-15-11(16-6(2)18-17-5)7-3-8(12)10(14)9(13)4-7/h3-4H,1-2H3,(H,15,16,17,18). The third-order valence-corrected chi connectivity index (χ3v) is 3.36. The van der Waals surface area contributed by atoms with Gasteiger partial charge in [0.15, 0.2) is 5.84 Å². The number of hydrazone groups is 1. The summed E-state index contributed by atoms with van der Waals surface area (Å²) in [4.78, 5) is 8.55. The van der Waals surface area contributed by atoms with E-state index in [9.17, 15) is 0 Å². The van der Waals surface area contributed by atoms with E-state index in [-0.39, 0.29) is 0 Å². The van der Waals surface area contributed by atoms with Crippen LogP contribution in [0.25, 0.3) is 0 Å². The Bertz CT molecular complexity index is 567. The van der Waals surface area contributed by atoms with E-state index >= 15 is 0 Å². The molecule has 0 bridgehead atoms. The molecule has 7 heteroatoms. The van der Waals surface area contributed by atoms with Crippen LogP contribution in [0.1, 0.15) is 19.4 Å². The van der Waals surface area contributed by atoms with Crippen LogP contribution in [-0.2, 0) is 0 Å². The zero-order valence-corrected chi connectivity index (χ0v) is 11.9. The molecule has 0 radical (unpaired) electrons. The fraction of sp³-hybridized carbons (Fsp3) is 0.182. The number of benzene rings is 1. The Kier molecular flexibility index (Phi) is 3.90. The summed E-state index contributed by atoms with van der Waals surface area (Å²) in [5, 5.41) is 5.04. The molecule has 1 aromatic carbocycles. The Labute approximate surface area is 119 Å². The summed E-state index contributed by atoms with van der Waals surface area (Å²) >= 11 is 17.9. The Morgan fingerprint density at radius 1 is 1.00 bits per heavy atom. The Morgan fingerprint density at radius 2 is 1.61 bits per heavy atom. The highest BCUT2D eigenvalue weighted by molar-refractivity contribution is 6.48. The second-order valence-electron chi connectivity index (χ2n) is 3.66. The molecule has 4 nitrogen and oxygen atoms in total. The van der Waals surface area contributed by atoms with E-state index in [1.165, 1.54) is 0 Å². The molecule has 0 amide bonds. The molecule has 2 rings (SSSR count). The van der Waals surface area contributed by atoms with Gasteiger partial charge in [0, 0.05) is 5.56 Å². The highest BCUT2D eigenvalue weighted by Gasteiger charge is 2.12. The van der Waals surface area contributed by atoms with Gasteiger partial charge in [-0.15, -0.1) is 0 Å². The Hall–Kier alpha value is -1.10.